The van der Waals surface area contributed by atoms with Crippen LogP contribution in [0.25, 0.3) is 0 Å². The number of rotatable bonds is 1. The van der Waals surface area contributed by atoms with E-state index in [9.17, 15) is 24.9 Å². The first-order valence-electron chi connectivity index (χ1n) is 13.9. The molecule has 5 heteroatoms. The zero-order chi connectivity index (χ0) is 26.0. The van der Waals surface area contributed by atoms with Crippen LogP contribution < -0.4 is 0 Å². The number of hydrogen-bond donors (Lipinski definition) is 3. The number of carbonyl (C=O) groups excluding carboxylic acids is 1. The van der Waals surface area contributed by atoms with Gasteiger partial charge in [0.2, 0.25) is 0 Å². The number of hydrogen-bond acceptors (Lipinski definition) is 4. The molecule has 0 unspecified atom stereocenters. The lowest BCUT2D eigenvalue weighted by Crippen LogP contribution is -2.71. The summed E-state index contributed by atoms with van der Waals surface area (Å²) in [5, 5.41) is 33.5. The molecule has 0 bridgehead atoms. The van der Waals surface area contributed by atoms with E-state index in [0.717, 1.165) is 38.5 Å². The predicted octanol–water partition coefficient (Wildman–Crippen LogP) is 5.59. The molecule has 0 amide bonds. The summed E-state index contributed by atoms with van der Waals surface area (Å²) in [6, 6.07) is 0. The van der Waals surface area contributed by atoms with Crippen molar-refractivity contribution < 1.29 is 24.9 Å². The number of allylic oxidation sites excluding steroid dienone is 2. The zero-order valence-electron chi connectivity index (χ0n) is 22.8. The molecule has 0 aromatic heterocycles. The maximum absolute atomic E-state index is 13.0. The molecule has 4 saturated carbocycles. The smallest absolute Gasteiger partial charge is 0.310 e. The van der Waals surface area contributed by atoms with Crippen molar-refractivity contribution in [2.75, 3.05) is 0 Å². The standard InChI is InChI=1S/C30H46O5/c1-17-10-13-29(24(32)33)15-14-26(5)19(23(29)18(17)2)8-9-21-27(26,6)12-11-20-25(3,4)22(31)16-30(34,35)28(20,21)7/h8,17-18,20-21,23,34-35H,9-16H2,1-7H3,(H,32,33)/t17-,18+,20+,21+,23+,26-,27-,28+,29+/m1/s1. The van der Waals surface area contributed by atoms with Gasteiger partial charge in [0.05, 0.1) is 11.8 Å². The van der Waals surface area contributed by atoms with Gasteiger partial charge in [-0.3, -0.25) is 9.59 Å². The molecule has 0 radical (unpaired) electrons. The lowest BCUT2D eigenvalue weighted by atomic mass is 9.32. The Balaban J connectivity index is 1.67. The van der Waals surface area contributed by atoms with Gasteiger partial charge in [-0.25, -0.2) is 0 Å². The number of Topliss-reactive ketones (excluding diaryl/α,β-unsaturated/α-hetero) is 1. The minimum Gasteiger partial charge on any atom is -0.481 e. The fraction of sp³-hybridized carbons (Fsp3) is 0.867. The molecule has 5 aliphatic carbocycles. The topological polar surface area (TPSA) is 94.8 Å². The van der Waals surface area contributed by atoms with Crippen LogP contribution in [0.3, 0.4) is 0 Å². The molecule has 35 heavy (non-hydrogen) atoms. The van der Waals surface area contributed by atoms with Gasteiger partial charge in [0.1, 0.15) is 5.78 Å². The largest absolute Gasteiger partial charge is 0.481 e. The van der Waals surface area contributed by atoms with Crippen LogP contribution in [-0.2, 0) is 9.59 Å². The first-order chi connectivity index (χ1) is 16.0. The third-order valence-corrected chi connectivity index (χ3v) is 13.4. The highest BCUT2D eigenvalue weighted by Crippen LogP contribution is 2.76. The van der Waals surface area contributed by atoms with Crippen LogP contribution in [-0.4, -0.2) is 32.9 Å². The van der Waals surface area contributed by atoms with Crippen LogP contribution in [0.4, 0.5) is 0 Å². The summed E-state index contributed by atoms with van der Waals surface area (Å²) in [5.74, 6) is -1.99. The lowest BCUT2D eigenvalue weighted by Gasteiger charge is -2.72. The fourth-order valence-electron chi connectivity index (χ4n) is 10.6. The minimum atomic E-state index is -2.04. The van der Waals surface area contributed by atoms with Gasteiger partial charge in [-0.05, 0) is 85.4 Å². The lowest BCUT2D eigenvalue weighted by molar-refractivity contribution is -0.327. The van der Waals surface area contributed by atoms with Gasteiger partial charge in [0.15, 0.2) is 5.79 Å². The fourth-order valence-corrected chi connectivity index (χ4v) is 10.6. The molecule has 3 N–H and O–H groups in total. The first-order valence-corrected chi connectivity index (χ1v) is 13.9. The summed E-state index contributed by atoms with van der Waals surface area (Å²) in [7, 11) is 0. The van der Waals surface area contributed by atoms with E-state index in [4.69, 9.17) is 0 Å². The number of ketones is 1. The van der Waals surface area contributed by atoms with Gasteiger partial charge >= 0.3 is 5.97 Å². The molecule has 4 fully saturated rings. The Bertz CT molecular complexity index is 995. The van der Waals surface area contributed by atoms with E-state index >= 15 is 0 Å². The van der Waals surface area contributed by atoms with Crippen molar-refractivity contribution in [3.05, 3.63) is 11.6 Å². The van der Waals surface area contributed by atoms with Crippen molar-refractivity contribution in [2.24, 2.45) is 56.7 Å². The number of carboxylic acids is 1. The van der Waals surface area contributed by atoms with Crippen LogP contribution in [0.5, 0.6) is 0 Å². The highest BCUT2D eigenvalue weighted by Gasteiger charge is 2.74. The number of carbonyl (C=O) groups is 2. The van der Waals surface area contributed by atoms with E-state index in [-0.39, 0.29) is 40.8 Å². The van der Waals surface area contributed by atoms with E-state index in [2.05, 4.69) is 33.8 Å². The first kappa shape index (κ1) is 25.4. The summed E-state index contributed by atoms with van der Waals surface area (Å²) in [5.41, 5.74) is -1.14. The second-order valence-corrected chi connectivity index (χ2v) is 14.5. The number of aliphatic carboxylic acids is 1. The van der Waals surface area contributed by atoms with Gasteiger partial charge in [-0.15, -0.1) is 0 Å². The van der Waals surface area contributed by atoms with Gasteiger partial charge in [-0.1, -0.05) is 60.1 Å². The summed E-state index contributed by atoms with van der Waals surface area (Å²) < 4.78 is 0. The van der Waals surface area contributed by atoms with E-state index in [0.29, 0.717) is 18.3 Å². The Morgan fingerprint density at radius 2 is 1.60 bits per heavy atom. The molecule has 0 spiro atoms. The quantitative estimate of drug-likeness (QED) is 0.332. The normalized spacial score (nSPS) is 52.3. The SMILES string of the molecule is C[C@H]1[C@H](C)CC[C@]2(C(=O)O)CC[C@]3(C)C(=CC[C@@H]4[C@]5(C)[C@@H](CC[C@]43C)C(C)(C)C(=O)CC5(O)O)[C@H]12. The van der Waals surface area contributed by atoms with Gasteiger partial charge in [0.25, 0.3) is 0 Å². The summed E-state index contributed by atoms with van der Waals surface area (Å²) in [6.07, 6.45) is 7.77. The molecule has 5 rings (SSSR count). The molecule has 5 nitrogen and oxygen atoms in total. The third-order valence-electron chi connectivity index (χ3n) is 13.4. The molecule has 0 aromatic rings. The van der Waals surface area contributed by atoms with Gasteiger partial charge < -0.3 is 15.3 Å². The highest BCUT2D eigenvalue weighted by atomic mass is 16.5. The van der Waals surface area contributed by atoms with Crippen molar-refractivity contribution in [1.82, 2.24) is 0 Å². The Hall–Kier alpha value is -1.20. The van der Waals surface area contributed by atoms with Crippen molar-refractivity contribution in [2.45, 2.75) is 106 Å². The predicted molar refractivity (Wildman–Crippen MR) is 134 cm³/mol. The van der Waals surface area contributed by atoms with Crippen molar-refractivity contribution >= 4 is 11.8 Å². The Morgan fingerprint density at radius 1 is 0.943 bits per heavy atom. The molecule has 5 aliphatic rings. The molecule has 0 saturated heterocycles. The van der Waals surface area contributed by atoms with E-state index in [1.165, 1.54) is 5.57 Å². The molecular formula is C30H46O5. The Labute approximate surface area is 210 Å². The van der Waals surface area contributed by atoms with Crippen LogP contribution in [0.1, 0.15) is 99.8 Å². The third kappa shape index (κ3) is 2.78. The van der Waals surface area contributed by atoms with Gasteiger partial charge in [0, 0.05) is 10.8 Å². The number of fused-ring (bicyclic) bond motifs is 7. The molecule has 9 atom stereocenters. The summed E-state index contributed by atoms with van der Waals surface area (Å²) in [6.45, 7) is 15.2. The van der Waals surface area contributed by atoms with Crippen LogP contribution >= 0.6 is 0 Å². The maximum Gasteiger partial charge on any atom is 0.310 e. The Kier molecular flexibility index (Phi) is 5.25. The molecule has 0 aromatic carbocycles. The van der Waals surface area contributed by atoms with Crippen molar-refractivity contribution in [3.8, 4) is 0 Å². The minimum absolute atomic E-state index is 0.0125. The molecule has 196 valence electrons. The average Bonchev–Trinajstić information content (AvgIpc) is 2.75. The second kappa shape index (κ2) is 7.22. The van der Waals surface area contributed by atoms with Crippen LogP contribution in [0, 0.1) is 56.7 Å². The summed E-state index contributed by atoms with van der Waals surface area (Å²) >= 11 is 0. The monoisotopic (exact) mass is 486 g/mol. The van der Waals surface area contributed by atoms with Gasteiger partial charge in [-0.2, -0.15) is 0 Å². The van der Waals surface area contributed by atoms with E-state index in [1.54, 1.807) is 0 Å². The molecular weight excluding hydrogens is 440 g/mol. The van der Waals surface area contributed by atoms with Crippen molar-refractivity contribution in [3.63, 3.8) is 0 Å². The van der Waals surface area contributed by atoms with Crippen LogP contribution in [0.2, 0.25) is 0 Å². The highest BCUT2D eigenvalue weighted by molar-refractivity contribution is 5.86. The Morgan fingerprint density at radius 3 is 2.23 bits per heavy atom. The number of aliphatic hydroxyl groups is 2. The molecule has 0 aliphatic heterocycles. The average molecular weight is 487 g/mol. The van der Waals surface area contributed by atoms with Crippen molar-refractivity contribution in [1.29, 1.82) is 0 Å². The van der Waals surface area contributed by atoms with E-state index < -0.39 is 28.0 Å². The maximum atomic E-state index is 13.0. The van der Waals surface area contributed by atoms with E-state index in [1.807, 2.05) is 20.8 Å². The summed E-state index contributed by atoms with van der Waals surface area (Å²) in [4.78, 5) is 25.8. The number of carboxylic acid groups (broad SMARTS) is 1. The second-order valence-electron chi connectivity index (χ2n) is 14.5. The zero-order valence-corrected chi connectivity index (χ0v) is 22.8. The van der Waals surface area contributed by atoms with Crippen LogP contribution in [0.15, 0.2) is 11.6 Å². The molecule has 0 heterocycles.